The number of nitrogens with one attached hydrogen (secondary N) is 1. The van der Waals surface area contributed by atoms with Crippen LogP contribution >= 0.6 is 0 Å². The van der Waals surface area contributed by atoms with E-state index in [-0.39, 0.29) is 75.1 Å². The Morgan fingerprint density at radius 3 is 1.44 bits per heavy atom. The summed E-state index contributed by atoms with van der Waals surface area (Å²) in [7, 11) is -5.95. The third-order valence-electron chi connectivity index (χ3n) is 19.3. The van der Waals surface area contributed by atoms with Crippen LogP contribution < -0.4 is 28.8 Å². The van der Waals surface area contributed by atoms with E-state index in [9.17, 15) is 77.9 Å². The molecule has 4 aromatic rings. The lowest BCUT2D eigenvalue weighted by Gasteiger charge is -2.29. The van der Waals surface area contributed by atoms with Crippen LogP contribution in [0.5, 0.6) is 23.3 Å². The van der Waals surface area contributed by atoms with Gasteiger partial charge in [0.25, 0.3) is 12.9 Å². The molecule has 588 valence electrons. The minimum absolute atomic E-state index is 0.0212. The molecular formula is C74H96F4N6O21S2. The molecule has 0 spiro atoms. The maximum Gasteiger partial charge on any atom is 0.362 e. The molecule has 0 radical (unpaired) electrons. The van der Waals surface area contributed by atoms with Crippen molar-refractivity contribution in [2.75, 3.05) is 40.5 Å². The molecule has 6 aliphatic rings. The molecule has 4 aliphatic heterocycles. The number of amides is 3. The molecule has 0 unspecified atom stereocenters. The number of allylic oxidation sites excluding steroid dienone is 4. The molecule has 10 atom stereocenters. The first-order valence-electron chi connectivity index (χ1n) is 35.6. The lowest BCUT2D eigenvalue weighted by atomic mass is 9.90. The predicted molar refractivity (Wildman–Crippen MR) is 380 cm³/mol. The summed E-state index contributed by atoms with van der Waals surface area (Å²) in [4.78, 5) is 121. The number of rotatable bonds is 19. The number of pyridine rings is 2. The molecule has 2 saturated heterocycles. The summed E-state index contributed by atoms with van der Waals surface area (Å²) in [5.74, 6) is -4.81. The average Bonchev–Trinajstić information content (AvgIpc) is 1.58. The molecule has 27 nitrogen and oxygen atoms in total. The van der Waals surface area contributed by atoms with E-state index >= 15 is 0 Å². The zero-order valence-electron chi connectivity index (χ0n) is 61.2. The molecule has 107 heavy (non-hydrogen) atoms. The van der Waals surface area contributed by atoms with Crippen LogP contribution in [0.1, 0.15) is 157 Å². The Morgan fingerprint density at radius 2 is 1.04 bits per heavy atom. The SMILES string of the molecule is COc1ccc2c(O[C@@H]3C[C@H]4C(=O)C[C@]5(C(=O)NS(=O)(=O)OCC(F)F)C[C@H]5/C=C\CCCCC[C@H](CC(=O)OC(C)(C)C)C(=O)N4C3)nccc2c1.COc1ccc2c(O[C@@H]3C[C@H]4C(=O)C[C@]5(C(=O)O)C[C@H]5/C=C\CCCCC[C@H](CC(=O)OC(C)(C)C)C(=O)N4C3)nccc2c1.NS(=O)(=O)OCC(F)F. The Balaban J connectivity index is 0.000000244. The van der Waals surface area contributed by atoms with E-state index in [4.69, 9.17) is 28.4 Å². The number of halogens is 4. The van der Waals surface area contributed by atoms with Crippen LogP contribution in [-0.2, 0) is 76.8 Å². The molecule has 2 aliphatic carbocycles. The van der Waals surface area contributed by atoms with Gasteiger partial charge in [0.1, 0.15) is 48.1 Å². The van der Waals surface area contributed by atoms with E-state index in [2.05, 4.69) is 23.5 Å². The van der Waals surface area contributed by atoms with Crippen molar-refractivity contribution in [3.8, 4) is 23.3 Å². The second-order valence-electron chi connectivity index (χ2n) is 29.7. The number of aliphatic carboxylic acids is 1. The number of methoxy groups -OCH3 is 2. The molecule has 4 N–H and O–H groups in total. The molecule has 3 amide bonds. The smallest absolute Gasteiger partial charge is 0.362 e. The van der Waals surface area contributed by atoms with Crippen molar-refractivity contribution in [1.82, 2.24) is 24.5 Å². The maximum absolute atomic E-state index is 14.4. The third kappa shape index (κ3) is 24.0. The number of alkyl halides is 4. The predicted octanol–water partition coefficient (Wildman–Crippen LogP) is 10.0. The zero-order valence-corrected chi connectivity index (χ0v) is 62.9. The molecule has 0 bridgehead atoms. The number of hydrogen-bond donors (Lipinski definition) is 3. The minimum atomic E-state index is -4.90. The number of nitrogens with zero attached hydrogens (tertiary/aromatic N) is 4. The summed E-state index contributed by atoms with van der Waals surface area (Å²) >= 11 is 0. The van der Waals surface area contributed by atoms with Crippen LogP contribution in [0, 0.1) is 34.5 Å². The lowest BCUT2D eigenvalue weighted by molar-refractivity contribution is -0.159. The summed E-state index contributed by atoms with van der Waals surface area (Å²) in [6, 6.07) is 12.6. The van der Waals surface area contributed by atoms with Gasteiger partial charge >= 0.3 is 38.5 Å². The number of carbonyl (C=O) groups is 8. The van der Waals surface area contributed by atoms with Gasteiger partial charge in [-0.25, -0.2) is 41.6 Å². The van der Waals surface area contributed by atoms with Gasteiger partial charge in [-0.2, -0.15) is 16.8 Å². The number of ketones is 2. The lowest BCUT2D eigenvalue weighted by Crippen LogP contribution is -2.46. The van der Waals surface area contributed by atoms with Gasteiger partial charge in [-0.05, 0) is 164 Å². The second kappa shape index (κ2) is 36.2. The van der Waals surface area contributed by atoms with Gasteiger partial charge in [-0.3, -0.25) is 42.5 Å². The first-order valence-corrected chi connectivity index (χ1v) is 38.5. The van der Waals surface area contributed by atoms with Gasteiger partial charge < -0.3 is 43.3 Å². The number of aromatic nitrogens is 2. The molecule has 33 heteroatoms. The van der Waals surface area contributed by atoms with Gasteiger partial charge in [0.2, 0.25) is 29.5 Å². The quantitative estimate of drug-likeness (QED) is 0.0446. The number of esters is 2. The fourth-order valence-electron chi connectivity index (χ4n) is 14.0. The first kappa shape index (κ1) is 84.2. The number of carboxylic acid groups (broad SMARTS) is 1. The highest BCUT2D eigenvalue weighted by atomic mass is 32.2. The van der Waals surface area contributed by atoms with Gasteiger partial charge in [0, 0.05) is 60.7 Å². The van der Waals surface area contributed by atoms with E-state index < -0.39 is 153 Å². The van der Waals surface area contributed by atoms with Crippen LogP contribution in [0.3, 0.4) is 0 Å². The van der Waals surface area contributed by atoms with Crippen molar-refractivity contribution in [2.24, 2.45) is 39.6 Å². The Morgan fingerprint density at radius 1 is 0.617 bits per heavy atom. The van der Waals surface area contributed by atoms with Crippen molar-refractivity contribution < 1.29 is 115 Å². The topological polar surface area (TPSA) is 369 Å². The molecule has 10 rings (SSSR count). The van der Waals surface area contributed by atoms with Gasteiger partial charge in [-0.15, -0.1) is 0 Å². The van der Waals surface area contributed by atoms with Crippen molar-refractivity contribution in [3.63, 3.8) is 0 Å². The van der Waals surface area contributed by atoms with Gasteiger partial charge in [0.05, 0.1) is 63.1 Å². The fraction of sp³-hybridized carbons (Fsp3) is 0.595. The number of Topliss-reactive ketones (excluding diaryl/α,β-unsaturated/α-hetero) is 2. The van der Waals surface area contributed by atoms with Crippen LogP contribution in [0.15, 0.2) is 85.2 Å². The summed E-state index contributed by atoms with van der Waals surface area (Å²) in [5.41, 5.74) is -4.15. The summed E-state index contributed by atoms with van der Waals surface area (Å²) in [6.45, 7) is 8.04. The molecule has 4 fully saturated rings. The number of carboxylic acids is 1. The minimum Gasteiger partial charge on any atom is -0.497 e. The molecule has 2 aromatic heterocycles. The van der Waals surface area contributed by atoms with Gasteiger partial charge in [0.15, 0.2) is 11.6 Å². The molecule has 2 aromatic carbocycles. The number of benzene rings is 2. The summed E-state index contributed by atoms with van der Waals surface area (Å²) in [6.07, 6.45) is 10.4. The number of ether oxygens (including phenoxy) is 6. The van der Waals surface area contributed by atoms with Crippen LogP contribution in [-0.4, -0.2) is 178 Å². The Bertz CT molecular complexity index is 4170. The highest BCUT2D eigenvalue weighted by Crippen LogP contribution is 2.58. The maximum atomic E-state index is 14.4. The number of nitrogens with two attached hydrogens (primary N) is 1. The Hall–Kier alpha value is -8.40. The standard InChI is InChI=1S/C37H47F2N3O10S.C35H44N2O8.C2H5F2NO3S/c1-36(2,3)52-32(44)17-24-10-8-6-5-7-9-11-25-19-37(25,35(46)41-53(47,48)50-22-31(38)39)20-30(43)29-18-27(21-42(29)34(24)45)51-33-28-13-12-26(49-4)16-23(28)14-15-40-33;1-34(2,3)45-30(39)17-23-10-8-6-5-7-9-11-24-19-35(24,33(41)42)20-29(38)28-18-26(21-37(28)32(23)40)44-31-27-13-12-25(43-4)16-22(27)14-15-36-31;3-2(4)1-8-9(5,6)7/h9,11-16,24-25,27,29,31H,5-8,10,17-22H2,1-4H3,(H,41,46);9,11-16,23-24,26,28H,5-8,10,17-21H2,1-4H3,(H,41,42);2H,1H2,(H2,5,6,7)/b2*11-9-;/t24-,25-,27-,29+,37-;23-,24-,26-,28+,35-;/m11./s1. The molecule has 2 saturated carbocycles. The number of hydrogen-bond acceptors (Lipinski definition) is 22. The monoisotopic (exact) mass is 1540 g/mol. The summed E-state index contributed by atoms with van der Waals surface area (Å²) < 4.78 is 136. The highest BCUT2D eigenvalue weighted by Gasteiger charge is 2.63. The van der Waals surface area contributed by atoms with E-state index in [0.717, 1.165) is 54.7 Å². The fourth-order valence-corrected chi connectivity index (χ4v) is 15.0. The Kier molecular flexibility index (Phi) is 28.5. The van der Waals surface area contributed by atoms with E-state index in [1.807, 2.05) is 48.6 Å². The van der Waals surface area contributed by atoms with E-state index in [0.29, 0.717) is 54.9 Å². The van der Waals surface area contributed by atoms with E-state index in [1.165, 1.54) is 9.80 Å². The van der Waals surface area contributed by atoms with Crippen LogP contribution in [0.2, 0.25) is 0 Å². The average molecular weight is 1550 g/mol. The van der Waals surface area contributed by atoms with Crippen LogP contribution in [0.4, 0.5) is 17.6 Å². The van der Waals surface area contributed by atoms with Crippen molar-refractivity contribution in [2.45, 2.75) is 205 Å². The van der Waals surface area contributed by atoms with Gasteiger partial charge in [-0.1, -0.05) is 50.0 Å². The largest absolute Gasteiger partial charge is 0.497 e. The number of fused-ring (bicyclic) bond motifs is 6. The Labute approximate surface area is 619 Å². The third-order valence-corrected chi connectivity index (χ3v) is 20.6. The van der Waals surface area contributed by atoms with Crippen LogP contribution in [0.25, 0.3) is 21.5 Å². The normalized spacial score (nSPS) is 25.9. The molecular weight excluding hydrogens is 1450 g/mol. The molecule has 6 heterocycles. The number of carbonyl (C=O) groups excluding carboxylic acids is 7. The van der Waals surface area contributed by atoms with Crippen molar-refractivity contribution >= 4 is 89.3 Å². The summed E-state index contributed by atoms with van der Waals surface area (Å²) in [5, 5.41) is 17.5. The van der Waals surface area contributed by atoms with E-state index in [1.54, 1.807) is 97.2 Å². The second-order valence-corrected chi connectivity index (χ2v) is 32.3. The zero-order chi connectivity index (χ0) is 78.4. The van der Waals surface area contributed by atoms with Crippen molar-refractivity contribution in [3.05, 3.63) is 85.2 Å². The highest BCUT2D eigenvalue weighted by molar-refractivity contribution is 7.85. The first-order chi connectivity index (χ1) is 50.3. The van der Waals surface area contributed by atoms with Crippen molar-refractivity contribution in [1.29, 1.82) is 0 Å².